The van der Waals surface area contributed by atoms with E-state index in [-0.39, 0.29) is 29.1 Å². The third-order valence-corrected chi connectivity index (χ3v) is 17.7. The molecule has 2 aliphatic rings. The van der Waals surface area contributed by atoms with E-state index in [9.17, 15) is 45.0 Å². The van der Waals surface area contributed by atoms with Crippen LogP contribution in [0.2, 0.25) is 5.02 Å². The van der Waals surface area contributed by atoms with E-state index in [0.717, 1.165) is 45.2 Å². The van der Waals surface area contributed by atoms with Gasteiger partial charge < -0.3 is 34.8 Å². The standard InChI is InChI=1S/C53H58ClF3N6O7S3/c1-35(2)63-36(3)49(52(65)66)50(51(63)37-12-14-39(54)15-13-37)38-8-7-9-43(32-38)62-30-28-61(29-31-62)42-18-16-40(17-19-42)59-73(69,70)46-20-21-47(48(33-46)72(67,68)53(55,56)57)58-41(34-71-45-10-5-4-6-11-45)22-25-60-26-23-44(64)24-27-60/h4-21,32-33,35,41,44,58-59,64H,22-31,34H2,1-3H3,(H,65,66)/t41-/m1/s1. The number of nitrogens with one attached hydrogen (secondary N) is 2. The molecule has 5 aromatic carbocycles. The molecule has 0 saturated carbocycles. The number of piperazine rings is 1. The van der Waals surface area contributed by atoms with Crippen molar-refractivity contribution in [1.82, 2.24) is 9.47 Å². The highest BCUT2D eigenvalue weighted by atomic mass is 35.5. The van der Waals surface area contributed by atoms with Crippen molar-refractivity contribution in [2.75, 3.05) is 71.4 Å². The number of carboxylic acid groups (broad SMARTS) is 1. The molecule has 6 aromatic rings. The molecule has 0 bridgehead atoms. The molecule has 1 atom stereocenters. The van der Waals surface area contributed by atoms with Crippen LogP contribution < -0.4 is 19.8 Å². The number of alkyl halides is 3. The molecule has 0 aliphatic carbocycles. The molecule has 4 N–H and O–H groups in total. The van der Waals surface area contributed by atoms with Gasteiger partial charge in [0.1, 0.15) is 4.90 Å². The summed E-state index contributed by atoms with van der Waals surface area (Å²) in [4.78, 5) is 18.4. The predicted octanol–water partition coefficient (Wildman–Crippen LogP) is 10.9. The molecule has 2 fully saturated rings. The van der Waals surface area contributed by atoms with Gasteiger partial charge in [0.05, 0.1) is 27.9 Å². The number of carbonyl (C=O) groups is 1. The summed E-state index contributed by atoms with van der Waals surface area (Å²) in [5.74, 6) is -0.653. The van der Waals surface area contributed by atoms with Gasteiger partial charge in [-0.05, 0) is 130 Å². The van der Waals surface area contributed by atoms with E-state index < -0.39 is 47.2 Å². The third kappa shape index (κ3) is 12.3. The second kappa shape index (κ2) is 22.4. The number of aromatic carboxylic acids is 1. The number of carboxylic acids is 1. The van der Waals surface area contributed by atoms with Gasteiger partial charge in [-0.25, -0.2) is 21.6 Å². The van der Waals surface area contributed by atoms with Crippen LogP contribution in [0.15, 0.2) is 136 Å². The number of hydrogen-bond acceptors (Lipinski definition) is 11. The van der Waals surface area contributed by atoms with E-state index in [2.05, 4.69) is 29.3 Å². The van der Waals surface area contributed by atoms with Gasteiger partial charge in [0, 0.05) is 102 Å². The van der Waals surface area contributed by atoms with Crippen molar-refractivity contribution in [2.45, 2.75) is 78.4 Å². The maximum absolute atomic E-state index is 14.3. The second-order valence-electron chi connectivity index (χ2n) is 18.6. The first-order valence-corrected chi connectivity index (χ1v) is 28.3. The number of halogens is 4. The minimum absolute atomic E-state index is 0.0310. The summed E-state index contributed by atoms with van der Waals surface area (Å²) < 4.78 is 101. The average Bonchev–Trinajstić information content (AvgIpc) is 3.69. The molecule has 0 spiro atoms. The molecule has 2 saturated heterocycles. The Morgan fingerprint density at radius 3 is 2.05 bits per heavy atom. The van der Waals surface area contributed by atoms with Crippen molar-refractivity contribution in [2.24, 2.45) is 0 Å². The molecule has 2 aliphatic heterocycles. The molecule has 13 nitrogen and oxygen atoms in total. The summed E-state index contributed by atoms with van der Waals surface area (Å²) in [7, 11) is -10.6. The van der Waals surface area contributed by atoms with Gasteiger partial charge in [-0.15, -0.1) is 11.8 Å². The fourth-order valence-electron chi connectivity index (χ4n) is 9.57. The first kappa shape index (κ1) is 53.6. The van der Waals surface area contributed by atoms with Crippen molar-refractivity contribution < 1.29 is 45.0 Å². The number of aromatic nitrogens is 1. The van der Waals surface area contributed by atoms with Crippen molar-refractivity contribution in [1.29, 1.82) is 0 Å². The SMILES string of the molecule is Cc1c(C(=O)O)c(-c2cccc(N3CCN(c4ccc(NS(=O)(=O)c5ccc(N[C@H](CCN6CCC(O)CC6)CSc6ccccc6)c(S(=O)(=O)C(F)(F)F)c5)cc4)CC3)c2)c(-c2ccc(Cl)cc2)n1C(C)C. The van der Waals surface area contributed by atoms with Crippen LogP contribution in [0.3, 0.4) is 0 Å². The van der Waals surface area contributed by atoms with Gasteiger partial charge in [-0.3, -0.25) is 4.72 Å². The fraction of sp³-hybridized carbons (Fsp3) is 0.340. The number of likely N-dealkylation sites (tertiary alicyclic amines) is 1. The van der Waals surface area contributed by atoms with Crippen LogP contribution in [-0.2, 0) is 19.9 Å². The number of nitrogens with zero attached hydrogens (tertiary/aromatic N) is 4. The quantitative estimate of drug-likeness (QED) is 0.0603. The lowest BCUT2D eigenvalue weighted by Gasteiger charge is -2.37. The van der Waals surface area contributed by atoms with E-state index >= 15 is 0 Å². The van der Waals surface area contributed by atoms with E-state index in [1.165, 1.54) is 23.9 Å². The predicted molar refractivity (Wildman–Crippen MR) is 285 cm³/mol. The summed E-state index contributed by atoms with van der Waals surface area (Å²) in [5, 5.41) is 24.1. The van der Waals surface area contributed by atoms with E-state index in [1.54, 1.807) is 24.3 Å². The maximum atomic E-state index is 14.3. The smallest absolute Gasteiger partial charge is 0.478 e. The van der Waals surface area contributed by atoms with Crippen LogP contribution in [-0.4, -0.2) is 112 Å². The van der Waals surface area contributed by atoms with Gasteiger partial charge in [0.2, 0.25) is 0 Å². The number of sulfonamides is 1. The molecule has 0 radical (unpaired) electrons. The summed E-state index contributed by atoms with van der Waals surface area (Å²) in [6, 6.07) is 33.3. The van der Waals surface area contributed by atoms with Crippen molar-refractivity contribution in [3.05, 3.63) is 138 Å². The monoisotopic (exact) mass is 1080 g/mol. The van der Waals surface area contributed by atoms with Crippen LogP contribution in [0.4, 0.5) is 35.9 Å². The lowest BCUT2D eigenvalue weighted by molar-refractivity contribution is -0.0436. The highest BCUT2D eigenvalue weighted by Crippen LogP contribution is 2.43. The van der Waals surface area contributed by atoms with Crippen molar-refractivity contribution >= 4 is 71.9 Å². The van der Waals surface area contributed by atoms with Gasteiger partial charge in [-0.2, -0.15) is 13.2 Å². The number of rotatable bonds is 18. The number of aliphatic hydroxyl groups excluding tert-OH is 1. The van der Waals surface area contributed by atoms with Crippen LogP contribution in [0.25, 0.3) is 22.4 Å². The Kier molecular flexibility index (Phi) is 16.5. The fourth-order valence-corrected chi connectivity index (χ4v) is 12.8. The molecule has 3 heterocycles. The summed E-state index contributed by atoms with van der Waals surface area (Å²) in [6.45, 7) is 10.1. The maximum Gasteiger partial charge on any atom is 0.501 e. The Morgan fingerprint density at radius 1 is 0.795 bits per heavy atom. The lowest BCUT2D eigenvalue weighted by Crippen LogP contribution is -2.46. The van der Waals surface area contributed by atoms with Crippen LogP contribution in [0, 0.1) is 6.92 Å². The minimum Gasteiger partial charge on any atom is -0.478 e. The number of aliphatic hydroxyl groups is 1. The molecule has 8 rings (SSSR count). The molecule has 20 heteroatoms. The largest absolute Gasteiger partial charge is 0.501 e. The molecular formula is C53H58ClF3N6O7S3. The Hall–Kier alpha value is -5.70. The van der Waals surface area contributed by atoms with Gasteiger partial charge >= 0.3 is 11.5 Å². The van der Waals surface area contributed by atoms with Gasteiger partial charge in [0.25, 0.3) is 19.9 Å². The van der Waals surface area contributed by atoms with Crippen LogP contribution >= 0.6 is 23.4 Å². The second-order valence-corrected chi connectivity index (χ2v) is 23.7. The molecule has 388 valence electrons. The first-order valence-electron chi connectivity index (χ1n) is 24.0. The van der Waals surface area contributed by atoms with Crippen LogP contribution in [0.5, 0.6) is 0 Å². The number of thioether (sulfide) groups is 1. The normalized spacial score (nSPS) is 15.7. The Morgan fingerprint density at radius 2 is 1.44 bits per heavy atom. The molecule has 0 unspecified atom stereocenters. The first-order chi connectivity index (χ1) is 34.7. The van der Waals surface area contributed by atoms with Gasteiger partial charge in [-0.1, -0.05) is 54.1 Å². The number of benzene rings is 5. The van der Waals surface area contributed by atoms with E-state index in [4.69, 9.17) is 11.6 Å². The number of hydrogen-bond donors (Lipinski definition) is 4. The Labute approximate surface area is 433 Å². The molecule has 0 amide bonds. The van der Waals surface area contributed by atoms with E-state index in [0.29, 0.717) is 93.2 Å². The highest BCUT2D eigenvalue weighted by molar-refractivity contribution is 7.99. The van der Waals surface area contributed by atoms with E-state index in [1.807, 2.05) is 87.5 Å². The summed E-state index contributed by atoms with van der Waals surface area (Å²) >= 11 is 7.70. The average molecular weight is 1080 g/mol. The van der Waals surface area contributed by atoms with Crippen molar-refractivity contribution in [3.63, 3.8) is 0 Å². The zero-order valence-corrected chi connectivity index (χ0v) is 43.7. The molecule has 73 heavy (non-hydrogen) atoms. The molecular weight excluding hydrogens is 1020 g/mol. The third-order valence-electron chi connectivity index (χ3n) is 13.3. The van der Waals surface area contributed by atoms with Gasteiger partial charge in [0.15, 0.2) is 0 Å². The zero-order chi connectivity index (χ0) is 52.2. The number of piperidine rings is 1. The lowest BCUT2D eigenvalue weighted by atomic mass is 9.96. The zero-order valence-electron chi connectivity index (χ0n) is 40.5. The van der Waals surface area contributed by atoms with Crippen LogP contribution in [0.1, 0.15) is 55.2 Å². The Balaban J connectivity index is 0.969. The highest BCUT2D eigenvalue weighted by Gasteiger charge is 2.48. The number of anilines is 4. The molecule has 1 aromatic heterocycles. The topological polar surface area (TPSA) is 165 Å². The summed E-state index contributed by atoms with van der Waals surface area (Å²) in [5.41, 5.74) is -0.354. The van der Waals surface area contributed by atoms with Crippen molar-refractivity contribution in [3.8, 4) is 22.4 Å². The number of sulfone groups is 1. The minimum atomic E-state index is -6.03. The summed E-state index contributed by atoms with van der Waals surface area (Å²) in [6.07, 6.45) is 1.23. The Bertz CT molecular complexity index is 3130.